The number of nitrogens with two attached hydrogens (primary N) is 1. The summed E-state index contributed by atoms with van der Waals surface area (Å²) in [4.78, 5) is 12.1. The van der Waals surface area contributed by atoms with E-state index in [0.29, 0.717) is 19.5 Å². The highest BCUT2D eigenvalue weighted by atomic mass is 32.2. The van der Waals surface area contributed by atoms with Crippen molar-refractivity contribution < 1.29 is 13.2 Å². The van der Waals surface area contributed by atoms with E-state index in [4.69, 9.17) is 5.73 Å². The topological polar surface area (TPSA) is 89.3 Å². The van der Waals surface area contributed by atoms with Crippen LogP contribution in [-0.4, -0.2) is 39.4 Å². The molecule has 0 bridgehead atoms. The quantitative estimate of drug-likeness (QED) is 0.689. The van der Waals surface area contributed by atoms with Gasteiger partial charge in [-0.05, 0) is 19.3 Å². The summed E-state index contributed by atoms with van der Waals surface area (Å²) in [6, 6.07) is 0. The number of hydrogen-bond acceptors (Lipinski definition) is 4. The number of rotatable bonds is 6. The first kappa shape index (κ1) is 15.4. The first-order chi connectivity index (χ1) is 8.40. The van der Waals surface area contributed by atoms with E-state index in [1.807, 2.05) is 0 Å². The van der Waals surface area contributed by atoms with Gasteiger partial charge in [0.25, 0.3) is 0 Å². The van der Waals surface area contributed by atoms with Gasteiger partial charge in [-0.15, -0.1) is 0 Å². The molecule has 1 rings (SSSR count). The fourth-order valence-corrected chi connectivity index (χ4v) is 3.14. The van der Waals surface area contributed by atoms with E-state index in [9.17, 15) is 13.2 Å². The third-order valence-corrected chi connectivity index (χ3v) is 4.69. The molecule has 18 heavy (non-hydrogen) atoms. The van der Waals surface area contributed by atoms with Gasteiger partial charge in [-0.3, -0.25) is 4.79 Å². The summed E-state index contributed by atoms with van der Waals surface area (Å²) in [6.45, 7) is 0.790. The van der Waals surface area contributed by atoms with Crippen molar-refractivity contribution in [1.82, 2.24) is 5.32 Å². The Bertz CT molecular complexity index is 373. The average molecular weight is 276 g/mol. The van der Waals surface area contributed by atoms with Crippen LogP contribution in [0.4, 0.5) is 0 Å². The Morgan fingerprint density at radius 2 is 1.89 bits per heavy atom. The van der Waals surface area contributed by atoms with Gasteiger partial charge in [0.1, 0.15) is 9.84 Å². The second kappa shape index (κ2) is 6.52. The molecule has 0 spiro atoms. The number of sulfone groups is 1. The van der Waals surface area contributed by atoms with E-state index < -0.39 is 15.3 Å². The molecule has 0 aromatic carbocycles. The fourth-order valence-electron chi connectivity index (χ4n) is 2.48. The molecule has 6 heteroatoms. The van der Waals surface area contributed by atoms with Crippen molar-refractivity contribution in [3.63, 3.8) is 0 Å². The van der Waals surface area contributed by atoms with Crippen molar-refractivity contribution in [3.8, 4) is 0 Å². The Balaban J connectivity index is 2.39. The third-order valence-electron chi connectivity index (χ3n) is 3.66. The maximum atomic E-state index is 12.1. The lowest BCUT2D eigenvalue weighted by Crippen LogP contribution is -2.47. The van der Waals surface area contributed by atoms with E-state index in [0.717, 1.165) is 25.7 Å². The zero-order chi connectivity index (χ0) is 13.6. The van der Waals surface area contributed by atoms with Gasteiger partial charge in [-0.2, -0.15) is 0 Å². The lowest BCUT2D eigenvalue weighted by molar-refractivity contribution is -0.132. The predicted octanol–water partition coefficient (Wildman–Crippen LogP) is 0.447. The molecule has 0 unspecified atom stereocenters. The van der Waals surface area contributed by atoms with Crippen molar-refractivity contribution in [2.75, 3.05) is 25.1 Å². The molecule has 3 N–H and O–H groups in total. The summed E-state index contributed by atoms with van der Waals surface area (Å²) in [7, 11) is -2.94. The molecule has 0 aromatic rings. The van der Waals surface area contributed by atoms with Crippen LogP contribution in [0, 0.1) is 5.41 Å². The van der Waals surface area contributed by atoms with Gasteiger partial charge in [-0.25, -0.2) is 8.42 Å². The fraction of sp³-hybridized carbons (Fsp3) is 0.917. The Morgan fingerprint density at radius 3 is 2.39 bits per heavy atom. The molecule has 0 saturated heterocycles. The Morgan fingerprint density at radius 1 is 1.28 bits per heavy atom. The molecule has 0 radical (unpaired) electrons. The number of amides is 1. The second-order valence-corrected chi connectivity index (χ2v) is 7.54. The summed E-state index contributed by atoms with van der Waals surface area (Å²) in [5.41, 5.74) is 5.34. The molecule has 0 heterocycles. The number of nitrogens with one attached hydrogen (secondary N) is 1. The van der Waals surface area contributed by atoms with Crippen molar-refractivity contribution in [2.45, 2.75) is 38.5 Å². The molecule has 0 aromatic heterocycles. The van der Waals surface area contributed by atoms with Gasteiger partial charge in [0.05, 0.1) is 11.2 Å². The van der Waals surface area contributed by atoms with Gasteiger partial charge < -0.3 is 11.1 Å². The molecule has 106 valence electrons. The molecule has 1 amide bonds. The Kier molecular flexibility index (Phi) is 5.59. The van der Waals surface area contributed by atoms with E-state index in [2.05, 4.69) is 5.32 Å². The lowest BCUT2D eigenvalue weighted by atomic mass is 9.73. The van der Waals surface area contributed by atoms with Gasteiger partial charge in [0.15, 0.2) is 0 Å². The molecule has 1 saturated carbocycles. The van der Waals surface area contributed by atoms with E-state index in [-0.39, 0.29) is 11.7 Å². The van der Waals surface area contributed by atoms with Crippen molar-refractivity contribution >= 4 is 15.7 Å². The highest BCUT2D eigenvalue weighted by molar-refractivity contribution is 7.90. The largest absolute Gasteiger partial charge is 0.356 e. The van der Waals surface area contributed by atoms with Crippen LogP contribution in [-0.2, 0) is 14.6 Å². The monoisotopic (exact) mass is 276 g/mol. The van der Waals surface area contributed by atoms with E-state index >= 15 is 0 Å². The van der Waals surface area contributed by atoms with Crippen LogP contribution in [0.2, 0.25) is 0 Å². The molecule has 1 aliphatic carbocycles. The summed E-state index contributed by atoms with van der Waals surface area (Å²) < 4.78 is 21.9. The van der Waals surface area contributed by atoms with Crippen LogP contribution in [0.15, 0.2) is 0 Å². The minimum atomic E-state index is -2.94. The molecular weight excluding hydrogens is 252 g/mol. The smallest absolute Gasteiger partial charge is 0.227 e. The molecule has 0 aliphatic heterocycles. The number of hydrogen-bond donors (Lipinski definition) is 2. The predicted molar refractivity (Wildman–Crippen MR) is 71.9 cm³/mol. The first-order valence-corrected chi connectivity index (χ1v) is 8.62. The molecule has 1 aliphatic rings. The Labute approximate surface area is 109 Å². The van der Waals surface area contributed by atoms with Gasteiger partial charge in [0, 0.05) is 19.3 Å². The first-order valence-electron chi connectivity index (χ1n) is 6.56. The minimum Gasteiger partial charge on any atom is -0.356 e. The van der Waals surface area contributed by atoms with Crippen LogP contribution in [0.1, 0.15) is 38.5 Å². The third kappa shape index (κ3) is 4.57. The zero-order valence-corrected chi connectivity index (χ0v) is 11.9. The number of carbonyl (C=O) groups is 1. The van der Waals surface area contributed by atoms with E-state index in [1.165, 1.54) is 12.7 Å². The maximum absolute atomic E-state index is 12.1. The normalized spacial score (nSPS) is 19.4. The Hall–Kier alpha value is -0.620. The maximum Gasteiger partial charge on any atom is 0.227 e. The summed E-state index contributed by atoms with van der Waals surface area (Å²) >= 11 is 0. The molecular formula is C12H24N2O3S. The van der Waals surface area contributed by atoms with Crippen molar-refractivity contribution in [2.24, 2.45) is 11.1 Å². The van der Waals surface area contributed by atoms with Gasteiger partial charge >= 0.3 is 0 Å². The summed E-state index contributed by atoms with van der Waals surface area (Å²) in [6.07, 6.45) is 6.64. The van der Waals surface area contributed by atoms with Crippen molar-refractivity contribution in [1.29, 1.82) is 0 Å². The molecule has 1 fully saturated rings. The summed E-state index contributed by atoms with van der Waals surface area (Å²) in [5.74, 6) is 0.112. The van der Waals surface area contributed by atoms with Crippen LogP contribution >= 0.6 is 0 Å². The van der Waals surface area contributed by atoms with Crippen LogP contribution in [0.25, 0.3) is 0 Å². The SMILES string of the molecule is CS(=O)(=O)CCCNC(=O)C1(CN)CCCCC1. The highest BCUT2D eigenvalue weighted by Crippen LogP contribution is 2.35. The van der Waals surface area contributed by atoms with Gasteiger partial charge in [0.2, 0.25) is 5.91 Å². The highest BCUT2D eigenvalue weighted by Gasteiger charge is 2.37. The van der Waals surface area contributed by atoms with E-state index in [1.54, 1.807) is 0 Å². The van der Waals surface area contributed by atoms with Crippen LogP contribution in [0.3, 0.4) is 0 Å². The standard InChI is InChI=1S/C12H24N2O3S/c1-18(16,17)9-5-8-14-11(15)12(10-13)6-3-2-4-7-12/h2-10,13H2,1H3,(H,14,15). The van der Waals surface area contributed by atoms with Crippen LogP contribution in [0.5, 0.6) is 0 Å². The number of carbonyl (C=O) groups excluding carboxylic acids is 1. The lowest BCUT2D eigenvalue weighted by Gasteiger charge is -2.34. The molecule has 5 nitrogen and oxygen atoms in total. The minimum absolute atomic E-state index is 0.00167. The van der Waals surface area contributed by atoms with Crippen molar-refractivity contribution in [3.05, 3.63) is 0 Å². The summed E-state index contributed by atoms with van der Waals surface area (Å²) in [5, 5.41) is 2.83. The van der Waals surface area contributed by atoms with Crippen LogP contribution < -0.4 is 11.1 Å². The van der Waals surface area contributed by atoms with Gasteiger partial charge in [-0.1, -0.05) is 19.3 Å². The second-order valence-electron chi connectivity index (χ2n) is 5.28. The zero-order valence-electron chi connectivity index (χ0n) is 11.1. The average Bonchev–Trinajstić information content (AvgIpc) is 2.34. The molecule has 0 atom stereocenters.